The van der Waals surface area contributed by atoms with Crippen LogP contribution in [0.1, 0.15) is 38.4 Å². The molecule has 0 atom stereocenters. The smallest absolute Gasteiger partial charge is 0.251 e. The molecule has 0 bridgehead atoms. The van der Waals surface area contributed by atoms with Gasteiger partial charge in [0.15, 0.2) is 0 Å². The zero-order valence-electron chi connectivity index (χ0n) is 15.1. The van der Waals surface area contributed by atoms with Crippen molar-refractivity contribution in [2.45, 2.75) is 34.2 Å². The normalized spacial score (nSPS) is 10.7. The Morgan fingerprint density at radius 2 is 1.64 bits per heavy atom. The van der Waals surface area contributed by atoms with Crippen LogP contribution in [-0.4, -0.2) is 15.7 Å². The van der Waals surface area contributed by atoms with Gasteiger partial charge in [-0.3, -0.25) is 4.79 Å². The summed E-state index contributed by atoms with van der Waals surface area (Å²) in [7, 11) is 0. The van der Waals surface area contributed by atoms with Crippen LogP contribution in [0, 0.1) is 27.7 Å². The minimum absolute atomic E-state index is 0.0574. The second-order valence-electron chi connectivity index (χ2n) is 6.46. The van der Waals surface area contributed by atoms with Gasteiger partial charge in [0.2, 0.25) is 0 Å². The predicted octanol–water partition coefficient (Wildman–Crippen LogP) is 4.04. The Morgan fingerprint density at radius 3 is 2.28 bits per heavy atom. The number of amides is 1. The molecule has 1 heterocycles. The summed E-state index contributed by atoms with van der Waals surface area (Å²) in [6.45, 7) is 8.48. The van der Waals surface area contributed by atoms with Crippen molar-refractivity contribution in [2.24, 2.45) is 0 Å². The van der Waals surface area contributed by atoms with Gasteiger partial charge in [0, 0.05) is 23.4 Å². The van der Waals surface area contributed by atoms with Gasteiger partial charge in [0.1, 0.15) is 0 Å². The van der Waals surface area contributed by atoms with E-state index in [1.165, 1.54) is 0 Å². The molecule has 0 radical (unpaired) electrons. The molecule has 4 heteroatoms. The summed E-state index contributed by atoms with van der Waals surface area (Å²) in [6, 6.07) is 15.9. The zero-order chi connectivity index (χ0) is 18.0. The minimum Gasteiger partial charge on any atom is -0.348 e. The number of nitrogens with one attached hydrogen (secondary N) is 1. The number of carbonyl (C=O) groups excluding carboxylic acids is 1. The third-order valence-electron chi connectivity index (χ3n) is 4.35. The Balaban J connectivity index is 1.80. The average molecular weight is 333 g/mol. The van der Waals surface area contributed by atoms with Gasteiger partial charge in [-0.25, -0.2) is 4.68 Å². The van der Waals surface area contributed by atoms with Crippen molar-refractivity contribution in [3.63, 3.8) is 0 Å². The maximum atomic E-state index is 12.5. The van der Waals surface area contributed by atoms with Crippen LogP contribution in [0.2, 0.25) is 0 Å². The lowest BCUT2D eigenvalue weighted by molar-refractivity contribution is 0.0950. The molecule has 0 aliphatic heterocycles. The van der Waals surface area contributed by atoms with Crippen LogP contribution in [-0.2, 0) is 6.54 Å². The van der Waals surface area contributed by atoms with Gasteiger partial charge in [-0.2, -0.15) is 5.10 Å². The third kappa shape index (κ3) is 3.63. The fraction of sp³-hybridized carbons (Fsp3) is 0.238. The molecule has 3 aromatic rings. The molecule has 0 aliphatic carbocycles. The molecule has 25 heavy (non-hydrogen) atoms. The quantitative estimate of drug-likeness (QED) is 0.783. The van der Waals surface area contributed by atoms with Gasteiger partial charge in [-0.05, 0) is 52.0 Å². The first kappa shape index (κ1) is 17.0. The Labute approximate surface area is 148 Å². The van der Waals surface area contributed by atoms with E-state index in [-0.39, 0.29) is 5.91 Å². The molecular formula is C21H23N3O. The maximum absolute atomic E-state index is 12.5. The molecule has 1 N–H and O–H groups in total. The highest BCUT2D eigenvalue weighted by atomic mass is 16.1. The lowest BCUT2D eigenvalue weighted by Gasteiger charge is -2.08. The van der Waals surface area contributed by atoms with Crippen LogP contribution in [0.3, 0.4) is 0 Å². The average Bonchev–Trinajstić information content (AvgIpc) is 2.87. The Kier molecular flexibility index (Phi) is 4.70. The van der Waals surface area contributed by atoms with Crippen molar-refractivity contribution in [1.29, 1.82) is 0 Å². The summed E-state index contributed by atoms with van der Waals surface area (Å²) in [5.74, 6) is -0.0574. The molecule has 0 fully saturated rings. The number of carbonyl (C=O) groups is 1. The molecule has 2 aromatic carbocycles. The summed E-state index contributed by atoms with van der Waals surface area (Å²) in [6.07, 6.45) is 0. The number of aromatic nitrogens is 2. The van der Waals surface area contributed by atoms with Crippen molar-refractivity contribution in [3.05, 3.63) is 82.2 Å². The zero-order valence-corrected chi connectivity index (χ0v) is 15.1. The molecule has 0 saturated carbocycles. The van der Waals surface area contributed by atoms with Crippen LogP contribution < -0.4 is 5.32 Å². The summed E-state index contributed by atoms with van der Waals surface area (Å²) in [4.78, 5) is 12.5. The fourth-order valence-corrected chi connectivity index (χ4v) is 3.13. The first-order chi connectivity index (χ1) is 12.0. The second-order valence-corrected chi connectivity index (χ2v) is 6.46. The van der Waals surface area contributed by atoms with Crippen LogP contribution in [0.5, 0.6) is 0 Å². The molecule has 128 valence electrons. The molecule has 3 rings (SSSR count). The molecule has 1 aromatic heterocycles. The minimum atomic E-state index is -0.0574. The Hall–Kier alpha value is -2.88. The van der Waals surface area contributed by atoms with Crippen molar-refractivity contribution in [1.82, 2.24) is 15.1 Å². The lowest BCUT2D eigenvalue weighted by Crippen LogP contribution is -2.23. The van der Waals surface area contributed by atoms with E-state index in [1.54, 1.807) is 0 Å². The Morgan fingerprint density at radius 1 is 1.00 bits per heavy atom. The van der Waals surface area contributed by atoms with Gasteiger partial charge in [-0.1, -0.05) is 35.4 Å². The summed E-state index contributed by atoms with van der Waals surface area (Å²) in [5, 5.41) is 7.65. The molecule has 0 spiro atoms. The van der Waals surface area contributed by atoms with Crippen LogP contribution in [0.15, 0.2) is 48.5 Å². The monoisotopic (exact) mass is 333 g/mol. The fourth-order valence-electron chi connectivity index (χ4n) is 3.13. The van der Waals surface area contributed by atoms with Crippen molar-refractivity contribution in [2.75, 3.05) is 0 Å². The molecule has 4 nitrogen and oxygen atoms in total. The summed E-state index contributed by atoms with van der Waals surface area (Å²) >= 11 is 0. The van der Waals surface area contributed by atoms with E-state index in [2.05, 4.69) is 16.5 Å². The van der Waals surface area contributed by atoms with Gasteiger partial charge in [0.25, 0.3) is 5.91 Å². The predicted molar refractivity (Wildman–Crippen MR) is 100 cm³/mol. The number of benzene rings is 2. The first-order valence-corrected chi connectivity index (χ1v) is 8.42. The summed E-state index contributed by atoms with van der Waals surface area (Å²) < 4.78 is 1.92. The molecule has 0 saturated heterocycles. The van der Waals surface area contributed by atoms with E-state index in [9.17, 15) is 4.79 Å². The van der Waals surface area contributed by atoms with E-state index in [0.29, 0.717) is 12.1 Å². The second kappa shape index (κ2) is 6.93. The number of nitrogens with zero attached hydrogens (tertiary/aromatic N) is 2. The number of para-hydroxylation sites is 1. The Bertz CT molecular complexity index is 890. The van der Waals surface area contributed by atoms with Crippen molar-refractivity contribution < 1.29 is 4.79 Å². The SMILES string of the molecule is Cc1cc(C)cc(C(=O)NCc2c(C)nn(-c3ccccc3)c2C)c1. The van der Waals surface area contributed by atoms with E-state index < -0.39 is 0 Å². The molecular weight excluding hydrogens is 310 g/mol. The highest BCUT2D eigenvalue weighted by Crippen LogP contribution is 2.18. The first-order valence-electron chi connectivity index (χ1n) is 8.42. The highest BCUT2D eigenvalue weighted by molar-refractivity contribution is 5.94. The van der Waals surface area contributed by atoms with Gasteiger partial charge < -0.3 is 5.32 Å². The standard InChI is InChI=1S/C21H23N3O/c1-14-10-15(2)12-18(11-14)21(25)22-13-20-16(3)23-24(17(20)4)19-8-6-5-7-9-19/h5-12H,13H2,1-4H3,(H,22,25). The molecule has 0 aliphatic rings. The largest absolute Gasteiger partial charge is 0.348 e. The van der Waals surface area contributed by atoms with Gasteiger partial charge in [0.05, 0.1) is 11.4 Å². The third-order valence-corrected chi connectivity index (χ3v) is 4.35. The number of hydrogen-bond donors (Lipinski definition) is 1. The lowest BCUT2D eigenvalue weighted by atomic mass is 10.1. The highest BCUT2D eigenvalue weighted by Gasteiger charge is 2.14. The van der Waals surface area contributed by atoms with E-state index in [4.69, 9.17) is 0 Å². The number of aryl methyl sites for hydroxylation is 3. The van der Waals surface area contributed by atoms with Gasteiger partial charge >= 0.3 is 0 Å². The van der Waals surface area contributed by atoms with Crippen molar-refractivity contribution >= 4 is 5.91 Å². The van der Waals surface area contributed by atoms with E-state index in [1.807, 2.05) is 74.8 Å². The van der Waals surface area contributed by atoms with Crippen LogP contribution in [0.4, 0.5) is 0 Å². The van der Waals surface area contributed by atoms with Crippen molar-refractivity contribution in [3.8, 4) is 5.69 Å². The van der Waals surface area contributed by atoms with Gasteiger partial charge in [-0.15, -0.1) is 0 Å². The van der Waals surface area contributed by atoms with E-state index in [0.717, 1.165) is 33.8 Å². The maximum Gasteiger partial charge on any atom is 0.251 e. The molecule has 0 unspecified atom stereocenters. The van der Waals surface area contributed by atoms with Crippen LogP contribution in [0.25, 0.3) is 5.69 Å². The van der Waals surface area contributed by atoms with E-state index >= 15 is 0 Å². The summed E-state index contributed by atoms with van der Waals surface area (Å²) in [5.41, 5.74) is 6.94. The topological polar surface area (TPSA) is 46.9 Å². The number of rotatable bonds is 4. The van der Waals surface area contributed by atoms with Crippen LogP contribution >= 0.6 is 0 Å². The number of hydrogen-bond acceptors (Lipinski definition) is 2. The molecule has 1 amide bonds.